The molecule has 1 atom stereocenters. The summed E-state index contributed by atoms with van der Waals surface area (Å²) in [5, 5.41) is 7.39. The van der Waals surface area contributed by atoms with Crippen LogP contribution in [0.15, 0.2) is 45.8 Å². The van der Waals surface area contributed by atoms with Gasteiger partial charge in [-0.05, 0) is 35.0 Å². The highest BCUT2D eigenvalue weighted by Gasteiger charge is 2.25. The van der Waals surface area contributed by atoms with Crippen LogP contribution in [0.5, 0.6) is 0 Å². The van der Waals surface area contributed by atoms with Gasteiger partial charge in [0.2, 0.25) is 0 Å². The number of hydrogen-bond acceptors (Lipinski definition) is 5. The molecule has 6 nitrogen and oxygen atoms in total. The van der Waals surface area contributed by atoms with Crippen LogP contribution in [0, 0.1) is 0 Å². The summed E-state index contributed by atoms with van der Waals surface area (Å²) in [7, 11) is 3.84. The number of rotatable bonds is 6. The van der Waals surface area contributed by atoms with Gasteiger partial charge in [0.25, 0.3) is 5.56 Å². The number of nitrogens with one attached hydrogen (secondary N) is 1. The first-order valence-corrected chi connectivity index (χ1v) is 9.79. The van der Waals surface area contributed by atoms with Crippen molar-refractivity contribution in [2.45, 2.75) is 12.5 Å². The topological polar surface area (TPSA) is 53.4 Å². The summed E-state index contributed by atoms with van der Waals surface area (Å²) in [4.78, 5) is 16.9. The lowest BCUT2D eigenvalue weighted by Crippen LogP contribution is -2.47. The molecule has 26 heavy (non-hydrogen) atoms. The van der Waals surface area contributed by atoms with Crippen molar-refractivity contribution in [3.05, 3.63) is 56.9 Å². The molecule has 1 aromatic carbocycles. The van der Waals surface area contributed by atoms with E-state index in [0.717, 1.165) is 44.8 Å². The summed E-state index contributed by atoms with van der Waals surface area (Å²) in [6.07, 6.45) is 2.70. The largest absolute Gasteiger partial charge is 0.383 e. The van der Waals surface area contributed by atoms with Gasteiger partial charge >= 0.3 is 0 Å². The Bertz CT molecular complexity index is 779. The van der Waals surface area contributed by atoms with Gasteiger partial charge in [0.15, 0.2) is 0 Å². The van der Waals surface area contributed by atoms with Crippen molar-refractivity contribution in [1.29, 1.82) is 0 Å². The fourth-order valence-electron chi connectivity index (χ4n) is 3.36. The Morgan fingerprint density at radius 2 is 2.00 bits per heavy atom. The van der Waals surface area contributed by atoms with E-state index in [2.05, 4.69) is 73.5 Å². The van der Waals surface area contributed by atoms with Gasteiger partial charge in [0.05, 0.1) is 11.9 Å². The van der Waals surface area contributed by atoms with Gasteiger partial charge in [-0.3, -0.25) is 9.69 Å². The highest BCUT2D eigenvalue weighted by molar-refractivity contribution is 9.10. The zero-order valence-electron chi connectivity index (χ0n) is 15.4. The van der Waals surface area contributed by atoms with Gasteiger partial charge in [0, 0.05) is 45.8 Å². The lowest BCUT2D eigenvalue weighted by molar-refractivity contribution is 0.0897. The summed E-state index contributed by atoms with van der Waals surface area (Å²) < 4.78 is 1.86. The van der Waals surface area contributed by atoms with Crippen molar-refractivity contribution in [2.24, 2.45) is 7.05 Å². The SMILES string of the molecule is CN1CCN(CCCNc2cnn(C)c(=O)c2Br)C(c2ccccc2)C1. The minimum Gasteiger partial charge on any atom is -0.383 e. The molecule has 3 rings (SSSR count). The van der Waals surface area contributed by atoms with E-state index in [1.165, 1.54) is 10.2 Å². The Labute approximate surface area is 162 Å². The fraction of sp³-hybridized carbons (Fsp3) is 0.474. The number of likely N-dealkylation sites (N-methyl/N-ethyl adjacent to an activating group) is 1. The number of benzene rings is 1. The molecule has 140 valence electrons. The predicted octanol–water partition coefficient (Wildman–Crippen LogP) is 2.33. The summed E-state index contributed by atoms with van der Waals surface area (Å²) in [5.74, 6) is 0. The van der Waals surface area contributed by atoms with Crippen LogP contribution in [0.1, 0.15) is 18.0 Å². The summed E-state index contributed by atoms with van der Waals surface area (Å²) >= 11 is 3.35. The third kappa shape index (κ3) is 4.52. The third-order valence-electron chi connectivity index (χ3n) is 4.89. The predicted molar refractivity (Wildman–Crippen MR) is 109 cm³/mol. The molecule has 1 aliphatic rings. The zero-order valence-corrected chi connectivity index (χ0v) is 16.9. The van der Waals surface area contributed by atoms with Crippen LogP contribution in [-0.4, -0.2) is 59.4 Å². The maximum absolute atomic E-state index is 11.9. The zero-order chi connectivity index (χ0) is 18.5. The lowest BCUT2D eigenvalue weighted by atomic mass is 10.0. The molecule has 7 heteroatoms. The van der Waals surface area contributed by atoms with Crippen LogP contribution in [0.3, 0.4) is 0 Å². The van der Waals surface area contributed by atoms with E-state index in [9.17, 15) is 4.79 Å². The average Bonchev–Trinajstić information content (AvgIpc) is 2.66. The molecule has 2 aromatic rings. The molecular formula is C19H26BrN5O. The van der Waals surface area contributed by atoms with E-state index in [0.29, 0.717) is 10.5 Å². The van der Waals surface area contributed by atoms with Crippen molar-refractivity contribution in [1.82, 2.24) is 19.6 Å². The molecule has 1 aromatic heterocycles. The number of aryl methyl sites for hydroxylation is 1. The van der Waals surface area contributed by atoms with Gasteiger partial charge in [0.1, 0.15) is 4.47 Å². The molecule has 0 spiro atoms. The van der Waals surface area contributed by atoms with Crippen molar-refractivity contribution < 1.29 is 0 Å². The molecule has 1 unspecified atom stereocenters. The second kappa shape index (κ2) is 8.79. The molecular weight excluding hydrogens is 394 g/mol. The van der Waals surface area contributed by atoms with Crippen LogP contribution in [-0.2, 0) is 7.05 Å². The molecule has 1 saturated heterocycles. The molecule has 0 radical (unpaired) electrons. The maximum Gasteiger partial charge on any atom is 0.282 e. The Morgan fingerprint density at radius 1 is 1.23 bits per heavy atom. The maximum atomic E-state index is 11.9. The van der Waals surface area contributed by atoms with Gasteiger partial charge in [-0.15, -0.1) is 0 Å². The van der Waals surface area contributed by atoms with Crippen LogP contribution >= 0.6 is 15.9 Å². The van der Waals surface area contributed by atoms with Crippen LogP contribution < -0.4 is 10.9 Å². The second-order valence-electron chi connectivity index (χ2n) is 6.81. The fourth-order valence-corrected chi connectivity index (χ4v) is 3.85. The van der Waals surface area contributed by atoms with Crippen LogP contribution in [0.2, 0.25) is 0 Å². The van der Waals surface area contributed by atoms with E-state index >= 15 is 0 Å². The van der Waals surface area contributed by atoms with Gasteiger partial charge in [-0.2, -0.15) is 5.10 Å². The second-order valence-corrected chi connectivity index (χ2v) is 7.60. The molecule has 0 saturated carbocycles. The van der Waals surface area contributed by atoms with E-state index in [-0.39, 0.29) is 5.56 Å². The minimum absolute atomic E-state index is 0.127. The van der Waals surface area contributed by atoms with Crippen LogP contribution in [0.4, 0.5) is 5.69 Å². The molecule has 1 aliphatic heterocycles. The highest BCUT2D eigenvalue weighted by Crippen LogP contribution is 2.25. The van der Waals surface area contributed by atoms with Crippen LogP contribution in [0.25, 0.3) is 0 Å². The number of halogens is 1. The molecule has 1 N–H and O–H groups in total. The minimum atomic E-state index is -0.127. The quantitative estimate of drug-likeness (QED) is 0.728. The van der Waals surface area contributed by atoms with Gasteiger partial charge < -0.3 is 10.2 Å². The monoisotopic (exact) mass is 419 g/mol. The molecule has 0 amide bonds. The molecule has 1 fully saturated rings. The van der Waals surface area contributed by atoms with Crippen molar-refractivity contribution in [3.63, 3.8) is 0 Å². The van der Waals surface area contributed by atoms with Gasteiger partial charge in [-0.1, -0.05) is 30.3 Å². The number of hydrogen-bond donors (Lipinski definition) is 1. The summed E-state index contributed by atoms with van der Waals surface area (Å²) in [6, 6.07) is 11.2. The van der Waals surface area contributed by atoms with E-state index in [4.69, 9.17) is 0 Å². The molecule has 0 bridgehead atoms. The number of piperazine rings is 1. The highest BCUT2D eigenvalue weighted by atomic mass is 79.9. The van der Waals surface area contributed by atoms with Crippen molar-refractivity contribution in [2.75, 3.05) is 45.1 Å². The Morgan fingerprint density at radius 3 is 2.77 bits per heavy atom. The Hall–Kier alpha value is -1.70. The van der Waals surface area contributed by atoms with Crippen molar-refractivity contribution in [3.8, 4) is 0 Å². The average molecular weight is 420 g/mol. The number of nitrogens with zero attached hydrogens (tertiary/aromatic N) is 4. The first kappa shape index (κ1) is 19.1. The molecule has 2 heterocycles. The number of aromatic nitrogens is 2. The normalized spacial score (nSPS) is 18.8. The first-order chi connectivity index (χ1) is 12.6. The first-order valence-electron chi connectivity index (χ1n) is 8.99. The van der Waals surface area contributed by atoms with E-state index in [1.54, 1.807) is 13.2 Å². The Kier molecular flexibility index (Phi) is 6.45. The van der Waals surface area contributed by atoms with E-state index < -0.39 is 0 Å². The Balaban J connectivity index is 1.56. The lowest BCUT2D eigenvalue weighted by Gasteiger charge is -2.40. The molecule has 0 aliphatic carbocycles. The summed E-state index contributed by atoms with van der Waals surface area (Å²) in [5.41, 5.74) is 2.01. The van der Waals surface area contributed by atoms with E-state index in [1.807, 2.05) is 0 Å². The van der Waals surface area contributed by atoms with Crippen molar-refractivity contribution >= 4 is 21.6 Å². The standard InChI is InChI=1S/C19H26BrN5O/c1-23-11-12-25(17(14-23)15-7-4-3-5-8-15)10-6-9-21-16-13-22-24(2)19(26)18(16)20/h3-5,7-8,13,17,21H,6,9-12,14H2,1-2H3. The third-order valence-corrected chi connectivity index (χ3v) is 5.66. The number of anilines is 1. The van der Waals surface area contributed by atoms with Gasteiger partial charge in [-0.25, -0.2) is 4.68 Å². The smallest absolute Gasteiger partial charge is 0.282 e. The summed E-state index contributed by atoms with van der Waals surface area (Å²) in [6.45, 7) is 5.06.